The first-order valence-electron chi connectivity index (χ1n) is 5.80. The van der Waals surface area contributed by atoms with Crippen molar-refractivity contribution >= 4 is 5.91 Å². The quantitative estimate of drug-likeness (QED) is 0.710. The Morgan fingerprint density at radius 1 is 1.47 bits per heavy atom. The van der Waals surface area contributed by atoms with Crippen LogP contribution in [0.15, 0.2) is 0 Å². The fourth-order valence-corrected chi connectivity index (χ4v) is 2.20. The molecule has 0 spiro atoms. The topological polar surface area (TPSA) is 52.6 Å². The van der Waals surface area contributed by atoms with Crippen molar-refractivity contribution in [2.24, 2.45) is 0 Å². The molecule has 15 heavy (non-hydrogen) atoms. The zero-order chi connectivity index (χ0) is 11.3. The maximum Gasteiger partial charge on any atom is 0.234 e. The summed E-state index contributed by atoms with van der Waals surface area (Å²) in [4.78, 5) is 13.3. The zero-order valence-corrected chi connectivity index (χ0v) is 9.70. The fourth-order valence-electron chi connectivity index (χ4n) is 2.20. The van der Waals surface area contributed by atoms with Gasteiger partial charge in [-0.2, -0.15) is 0 Å². The van der Waals surface area contributed by atoms with Crippen LogP contribution in [0.2, 0.25) is 0 Å². The van der Waals surface area contributed by atoms with Crippen molar-refractivity contribution in [1.82, 2.24) is 10.2 Å². The van der Waals surface area contributed by atoms with Gasteiger partial charge in [0.1, 0.15) is 0 Å². The molecule has 4 heteroatoms. The van der Waals surface area contributed by atoms with Crippen LogP contribution in [0.5, 0.6) is 0 Å². The summed E-state index contributed by atoms with van der Waals surface area (Å²) in [6, 6.07) is 0.154. The number of rotatable bonds is 4. The van der Waals surface area contributed by atoms with E-state index in [0.717, 1.165) is 25.7 Å². The van der Waals surface area contributed by atoms with Crippen molar-refractivity contribution in [2.45, 2.75) is 44.8 Å². The highest BCUT2D eigenvalue weighted by atomic mass is 16.3. The Kier molecular flexibility index (Phi) is 5.05. The van der Waals surface area contributed by atoms with Crippen molar-refractivity contribution in [3.63, 3.8) is 0 Å². The van der Waals surface area contributed by atoms with Crippen LogP contribution >= 0.6 is 0 Å². The molecule has 0 bridgehead atoms. The van der Waals surface area contributed by atoms with Crippen molar-refractivity contribution in [2.75, 3.05) is 20.1 Å². The predicted octanol–water partition coefficient (Wildman–Crippen LogP) is 0.358. The van der Waals surface area contributed by atoms with Gasteiger partial charge in [0.15, 0.2) is 0 Å². The Bertz CT molecular complexity index is 209. The van der Waals surface area contributed by atoms with Crippen molar-refractivity contribution < 1.29 is 9.90 Å². The molecule has 0 aliphatic heterocycles. The number of carbonyl (C=O) groups is 1. The Morgan fingerprint density at radius 3 is 2.73 bits per heavy atom. The lowest BCUT2D eigenvalue weighted by molar-refractivity contribution is -0.123. The molecule has 0 aromatic carbocycles. The van der Waals surface area contributed by atoms with E-state index in [-0.39, 0.29) is 18.1 Å². The Hall–Kier alpha value is -0.610. The van der Waals surface area contributed by atoms with Crippen LogP contribution in [0, 0.1) is 0 Å². The summed E-state index contributed by atoms with van der Waals surface area (Å²) in [6.45, 7) is 2.96. The number of hydrogen-bond donors (Lipinski definition) is 2. The number of nitrogens with zero attached hydrogens (tertiary/aromatic N) is 1. The number of likely N-dealkylation sites (N-methyl/N-ethyl adjacent to an activating group) is 2. The molecule has 1 saturated carbocycles. The Labute approximate surface area is 91.6 Å². The van der Waals surface area contributed by atoms with Crippen molar-refractivity contribution in [3.05, 3.63) is 0 Å². The molecule has 2 unspecified atom stereocenters. The molecule has 2 N–H and O–H groups in total. The molecule has 1 fully saturated rings. The molecule has 2 atom stereocenters. The second kappa shape index (κ2) is 6.08. The molecular weight excluding hydrogens is 192 g/mol. The van der Waals surface area contributed by atoms with E-state index in [9.17, 15) is 9.90 Å². The smallest absolute Gasteiger partial charge is 0.234 e. The number of aliphatic hydroxyl groups excluding tert-OH is 1. The summed E-state index contributed by atoms with van der Waals surface area (Å²) in [5.41, 5.74) is 0. The van der Waals surface area contributed by atoms with Crippen molar-refractivity contribution in [3.8, 4) is 0 Å². The van der Waals surface area contributed by atoms with Gasteiger partial charge in [-0.3, -0.25) is 9.69 Å². The monoisotopic (exact) mass is 214 g/mol. The number of hydrogen-bond acceptors (Lipinski definition) is 3. The second-order valence-corrected chi connectivity index (χ2v) is 4.29. The SMILES string of the molecule is CCNC(=O)CN(C)C1CCCCC1O. The maximum absolute atomic E-state index is 11.4. The van der Waals surface area contributed by atoms with Gasteiger partial charge in [0.25, 0.3) is 0 Å². The third kappa shape index (κ3) is 3.80. The van der Waals surface area contributed by atoms with Crippen LogP contribution in [0.1, 0.15) is 32.6 Å². The third-order valence-electron chi connectivity index (χ3n) is 3.03. The molecule has 1 amide bonds. The number of carbonyl (C=O) groups excluding carboxylic acids is 1. The molecule has 0 aromatic rings. The zero-order valence-electron chi connectivity index (χ0n) is 9.70. The van der Waals surface area contributed by atoms with E-state index in [4.69, 9.17) is 0 Å². The molecule has 4 nitrogen and oxygen atoms in total. The van der Waals surface area contributed by atoms with Crippen LogP contribution < -0.4 is 5.32 Å². The summed E-state index contributed by atoms with van der Waals surface area (Å²) in [5, 5.41) is 12.6. The van der Waals surface area contributed by atoms with E-state index >= 15 is 0 Å². The van der Waals surface area contributed by atoms with E-state index in [0.29, 0.717) is 13.1 Å². The van der Waals surface area contributed by atoms with Gasteiger partial charge in [-0.05, 0) is 26.8 Å². The highest BCUT2D eigenvalue weighted by Gasteiger charge is 2.27. The van der Waals surface area contributed by atoms with Gasteiger partial charge in [0.2, 0.25) is 5.91 Å². The molecule has 0 saturated heterocycles. The second-order valence-electron chi connectivity index (χ2n) is 4.29. The van der Waals surface area contributed by atoms with Gasteiger partial charge in [0.05, 0.1) is 12.6 Å². The van der Waals surface area contributed by atoms with Gasteiger partial charge in [-0.1, -0.05) is 12.8 Å². The van der Waals surface area contributed by atoms with Crippen LogP contribution in [0.3, 0.4) is 0 Å². The highest BCUT2D eigenvalue weighted by molar-refractivity contribution is 5.77. The standard InChI is InChI=1S/C11H22N2O2/c1-3-12-11(15)8-13(2)9-6-4-5-7-10(9)14/h9-10,14H,3-8H2,1-2H3,(H,12,15). The van der Waals surface area contributed by atoms with E-state index < -0.39 is 0 Å². The summed E-state index contributed by atoms with van der Waals surface area (Å²) in [6.07, 6.45) is 3.86. The van der Waals surface area contributed by atoms with E-state index in [1.165, 1.54) is 0 Å². The minimum absolute atomic E-state index is 0.0396. The number of nitrogens with one attached hydrogen (secondary N) is 1. The molecule has 1 rings (SSSR count). The average molecular weight is 214 g/mol. The molecular formula is C11H22N2O2. The molecule has 0 aromatic heterocycles. The van der Waals surface area contributed by atoms with Gasteiger partial charge in [-0.15, -0.1) is 0 Å². The Balaban J connectivity index is 2.37. The minimum Gasteiger partial charge on any atom is -0.391 e. The average Bonchev–Trinajstić information content (AvgIpc) is 2.18. The molecule has 0 heterocycles. The highest BCUT2D eigenvalue weighted by Crippen LogP contribution is 2.21. The summed E-state index contributed by atoms with van der Waals surface area (Å²) < 4.78 is 0. The van der Waals surface area contributed by atoms with Crippen LogP contribution in [0.25, 0.3) is 0 Å². The molecule has 1 aliphatic rings. The summed E-state index contributed by atoms with van der Waals surface area (Å²) in [7, 11) is 1.91. The molecule has 88 valence electrons. The van der Waals surface area contributed by atoms with Crippen LogP contribution in [-0.4, -0.2) is 48.2 Å². The van der Waals surface area contributed by atoms with Crippen LogP contribution in [0.4, 0.5) is 0 Å². The maximum atomic E-state index is 11.4. The van der Waals surface area contributed by atoms with Gasteiger partial charge in [-0.25, -0.2) is 0 Å². The first-order valence-corrected chi connectivity index (χ1v) is 5.80. The lowest BCUT2D eigenvalue weighted by atomic mass is 9.91. The number of aliphatic hydroxyl groups is 1. The van der Waals surface area contributed by atoms with E-state index in [1.807, 2.05) is 18.9 Å². The first-order chi connectivity index (χ1) is 7.15. The predicted molar refractivity (Wildman–Crippen MR) is 59.6 cm³/mol. The lowest BCUT2D eigenvalue weighted by Gasteiger charge is -2.34. The third-order valence-corrected chi connectivity index (χ3v) is 3.03. The minimum atomic E-state index is -0.266. The van der Waals surface area contributed by atoms with Gasteiger partial charge >= 0.3 is 0 Å². The van der Waals surface area contributed by atoms with Gasteiger partial charge in [0, 0.05) is 12.6 Å². The Morgan fingerprint density at radius 2 is 2.13 bits per heavy atom. The normalized spacial score (nSPS) is 26.7. The van der Waals surface area contributed by atoms with E-state index in [2.05, 4.69) is 5.32 Å². The lowest BCUT2D eigenvalue weighted by Crippen LogP contribution is -2.47. The molecule has 1 aliphatic carbocycles. The summed E-state index contributed by atoms with van der Waals surface area (Å²) >= 11 is 0. The fraction of sp³-hybridized carbons (Fsp3) is 0.909. The first kappa shape index (κ1) is 12.5. The summed E-state index contributed by atoms with van der Waals surface area (Å²) in [5.74, 6) is 0.0396. The van der Waals surface area contributed by atoms with E-state index in [1.54, 1.807) is 0 Å². The number of amides is 1. The van der Waals surface area contributed by atoms with Gasteiger partial charge < -0.3 is 10.4 Å². The largest absolute Gasteiger partial charge is 0.391 e. The molecule has 0 radical (unpaired) electrons. The van der Waals surface area contributed by atoms with Crippen LogP contribution in [-0.2, 0) is 4.79 Å². The van der Waals surface area contributed by atoms with Crippen molar-refractivity contribution in [1.29, 1.82) is 0 Å².